The maximum absolute atomic E-state index is 13.6. The second-order valence-electron chi connectivity index (χ2n) is 3.89. The van der Waals surface area contributed by atoms with Crippen molar-refractivity contribution >= 4 is 27.3 Å². The first-order valence-corrected chi connectivity index (χ1v) is 7.39. The van der Waals surface area contributed by atoms with Gasteiger partial charge in [-0.05, 0) is 29.6 Å². The van der Waals surface area contributed by atoms with Crippen molar-refractivity contribution in [1.29, 1.82) is 0 Å². The first-order chi connectivity index (χ1) is 9.72. The molecule has 0 saturated carbocycles. The van der Waals surface area contributed by atoms with E-state index in [-0.39, 0.29) is 12.4 Å². The van der Waals surface area contributed by atoms with Gasteiger partial charge in [0.1, 0.15) is 0 Å². The van der Waals surface area contributed by atoms with E-state index in [1.165, 1.54) is 6.07 Å². The summed E-state index contributed by atoms with van der Waals surface area (Å²) in [7, 11) is 0. The predicted octanol–water partition coefficient (Wildman–Crippen LogP) is 4.28. The van der Waals surface area contributed by atoms with E-state index >= 15 is 0 Å². The Labute approximate surface area is 126 Å². The molecule has 0 atom stereocenters. The topological polar surface area (TPSA) is 48.2 Å². The molecule has 20 heavy (non-hydrogen) atoms. The summed E-state index contributed by atoms with van der Waals surface area (Å²) >= 11 is 4.73. The molecule has 2 aromatic heterocycles. The molecule has 0 N–H and O–H groups in total. The Kier molecular flexibility index (Phi) is 3.79. The zero-order chi connectivity index (χ0) is 13.9. The van der Waals surface area contributed by atoms with Gasteiger partial charge in [-0.25, -0.2) is 4.39 Å². The fraction of sp³-hybridized carbons (Fsp3) is 0.0769. The van der Waals surface area contributed by atoms with Crippen LogP contribution in [0.15, 0.2) is 44.0 Å². The summed E-state index contributed by atoms with van der Waals surface area (Å²) in [6, 6.07) is 6.46. The summed E-state index contributed by atoms with van der Waals surface area (Å²) in [5.41, 5.74) is 0.864. The lowest BCUT2D eigenvalue weighted by molar-refractivity contribution is 0.273. The molecule has 0 aliphatic rings. The van der Waals surface area contributed by atoms with Crippen molar-refractivity contribution in [2.45, 2.75) is 6.61 Å². The SMILES string of the molecule is Fc1cc(Br)ccc1OCc1noc(-c2ccsc2)n1. The number of aromatic nitrogens is 2. The lowest BCUT2D eigenvalue weighted by atomic mass is 10.3. The molecular weight excluding hydrogens is 347 g/mol. The fourth-order valence-corrected chi connectivity index (χ4v) is 2.51. The van der Waals surface area contributed by atoms with Crippen LogP contribution in [0.2, 0.25) is 0 Å². The van der Waals surface area contributed by atoms with E-state index in [9.17, 15) is 4.39 Å². The highest BCUT2D eigenvalue weighted by Gasteiger charge is 2.11. The summed E-state index contributed by atoms with van der Waals surface area (Å²) in [6.07, 6.45) is 0. The van der Waals surface area contributed by atoms with E-state index in [1.54, 1.807) is 23.5 Å². The molecule has 0 unspecified atom stereocenters. The van der Waals surface area contributed by atoms with Gasteiger partial charge in [0.25, 0.3) is 5.89 Å². The Morgan fingerprint density at radius 1 is 1.35 bits per heavy atom. The lowest BCUT2D eigenvalue weighted by Gasteiger charge is -2.04. The Hall–Kier alpha value is -1.73. The highest BCUT2D eigenvalue weighted by atomic mass is 79.9. The van der Waals surface area contributed by atoms with Crippen LogP contribution < -0.4 is 4.74 Å². The Balaban J connectivity index is 1.70. The Morgan fingerprint density at radius 3 is 3.00 bits per heavy atom. The van der Waals surface area contributed by atoms with Gasteiger partial charge in [-0.3, -0.25) is 0 Å². The highest BCUT2D eigenvalue weighted by Crippen LogP contribution is 2.23. The first kappa shape index (κ1) is 13.3. The molecule has 0 saturated heterocycles. The standard InChI is InChI=1S/C13H8BrFN2O2S/c14-9-1-2-11(10(15)5-9)18-6-12-16-13(19-17-12)8-3-4-20-7-8/h1-5,7H,6H2. The van der Waals surface area contributed by atoms with Gasteiger partial charge < -0.3 is 9.26 Å². The minimum absolute atomic E-state index is 0.0478. The van der Waals surface area contributed by atoms with Gasteiger partial charge in [0.05, 0.1) is 5.56 Å². The molecule has 7 heteroatoms. The number of hydrogen-bond acceptors (Lipinski definition) is 5. The van der Waals surface area contributed by atoms with Gasteiger partial charge in [0.15, 0.2) is 18.2 Å². The second kappa shape index (κ2) is 5.72. The van der Waals surface area contributed by atoms with Crippen molar-refractivity contribution in [2.24, 2.45) is 0 Å². The van der Waals surface area contributed by atoms with Crippen molar-refractivity contribution in [2.75, 3.05) is 0 Å². The predicted molar refractivity (Wildman–Crippen MR) is 76.0 cm³/mol. The largest absolute Gasteiger partial charge is 0.482 e. The number of thiophene rings is 1. The third-order valence-electron chi connectivity index (χ3n) is 2.49. The molecule has 0 amide bonds. The van der Waals surface area contributed by atoms with Crippen LogP contribution in [-0.4, -0.2) is 10.1 Å². The average Bonchev–Trinajstić information content (AvgIpc) is 3.08. The molecule has 0 bridgehead atoms. The fourth-order valence-electron chi connectivity index (χ4n) is 1.55. The first-order valence-electron chi connectivity index (χ1n) is 5.65. The molecule has 0 spiro atoms. The van der Waals surface area contributed by atoms with E-state index in [0.29, 0.717) is 16.2 Å². The van der Waals surface area contributed by atoms with Crippen molar-refractivity contribution in [3.63, 3.8) is 0 Å². The molecule has 1 aromatic carbocycles. The molecule has 0 fully saturated rings. The van der Waals surface area contributed by atoms with Crippen LogP contribution in [0.25, 0.3) is 11.5 Å². The van der Waals surface area contributed by atoms with Crippen LogP contribution >= 0.6 is 27.3 Å². The smallest absolute Gasteiger partial charge is 0.258 e. The number of rotatable bonds is 4. The maximum Gasteiger partial charge on any atom is 0.258 e. The Morgan fingerprint density at radius 2 is 2.25 bits per heavy atom. The van der Waals surface area contributed by atoms with Gasteiger partial charge in [-0.15, -0.1) is 0 Å². The van der Waals surface area contributed by atoms with E-state index in [0.717, 1.165) is 5.56 Å². The monoisotopic (exact) mass is 354 g/mol. The summed E-state index contributed by atoms with van der Waals surface area (Å²) in [5, 5.41) is 7.63. The molecule has 0 radical (unpaired) electrons. The van der Waals surface area contributed by atoms with Gasteiger partial charge in [-0.2, -0.15) is 16.3 Å². The third kappa shape index (κ3) is 2.88. The van der Waals surface area contributed by atoms with Gasteiger partial charge >= 0.3 is 0 Å². The van der Waals surface area contributed by atoms with Crippen molar-refractivity contribution in [3.8, 4) is 17.2 Å². The van der Waals surface area contributed by atoms with E-state index in [1.807, 2.05) is 16.8 Å². The molecule has 102 valence electrons. The van der Waals surface area contributed by atoms with Crippen molar-refractivity contribution in [1.82, 2.24) is 10.1 Å². The van der Waals surface area contributed by atoms with Crippen LogP contribution in [0.5, 0.6) is 5.75 Å². The summed E-state index contributed by atoms with van der Waals surface area (Å²) < 4.78 is 24.7. The highest BCUT2D eigenvalue weighted by molar-refractivity contribution is 9.10. The third-order valence-corrected chi connectivity index (χ3v) is 3.66. The van der Waals surface area contributed by atoms with Gasteiger partial charge in [-0.1, -0.05) is 21.1 Å². The number of ether oxygens (including phenoxy) is 1. The summed E-state index contributed by atoms with van der Waals surface area (Å²) in [5.74, 6) is 0.505. The zero-order valence-electron chi connectivity index (χ0n) is 10.0. The van der Waals surface area contributed by atoms with E-state index in [4.69, 9.17) is 9.26 Å². The molecule has 2 heterocycles. The molecule has 0 aliphatic heterocycles. The molecular formula is C13H8BrFN2O2S. The van der Waals surface area contributed by atoms with Crippen LogP contribution in [0.1, 0.15) is 5.82 Å². The van der Waals surface area contributed by atoms with E-state index < -0.39 is 5.82 Å². The van der Waals surface area contributed by atoms with Crippen LogP contribution in [0.4, 0.5) is 4.39 Å². The lowest BCUT2D eigenvalue weighted by Crippen LogP contribution is -1.99. The quantitative estimate of drug-likeness (QED) is 0.701. The summed E-state index contributed by atoms with van der Waals surface area (Å²) in [6.45, 7) is 0.0478. The maximum atomic E-state index is 13.6. The zero-order valence-corrected chi connectivity index (χ0v) is 12.4. The second-order valence-corrected chi connectivity index (χ2v) is 5.59. The van der Waals surface area contributed by atoms with Crippen LogP contribution in [-0.2, 0) is 6.61 Å². The number of halogens is 2. The van der Waals surface area contributed by atoms with Crippen molar-refractivity contribution in [3.05, 3.63) is 51.1 Å². The van der Waals surface area contributed by atoms with Gasteiger partial charge in [0.2, 0.25) is 5.82 Å². The number of hydrogen-bond donors (Lipinski definition) is 0. The van der Waals surface area contributed by atoms with E-state index in [2.05, 4.69) is 26.1 Å². The summed E-state index contributed by atoms with van der Waals surface area (Å²) in [4.78, 5) is 4.19. The molecule has 3 aromatic rings. The van der Waals surface area contributed by atoms with Crippen LogP contribution in [0, 0.1) is 5.82 Å². The number of benzene rings is 1. The minimum Gasteiger partial charge on any atom is -0.482 e. The van der Waals surface area contributed by atoms with Gasteiger partial charge in [0, 0.05) is 9.85 Å². The van der Waals surface area contributed by atoms with Crippen LogP contribution in [0.3, 0.4) is 0 Å². The minimum atomic E-state index is -0.444. The van der Waals surface area contributed by atoms with Crippen molar-refractivity contribution < 1.29 is 13.7 Å². The average molecular weight is 355 g/mol. The molecule has 0 aliphatic carbocycles. The Bertz CT molecular complexity index is 715. The molecule has 4 nitrogen and oxygen atoms in total. The normalized spacial score (nSPS) is 10.7. The molecule has 3 rings (SSSR count). The number of nitrogens with zero attached hydrogens (tertiary/aromatic N) is 2.